The first-order valence-corrected chi connectivity index (χ1v) is 7.73. The molecule has 5 nitrogen and oxygen atoms in total. The second-order valence-corrected chi connectivity index (χ2v) is 5.48. The van der Waals surface area contributed by atoms with Gasteiger partial charge in [0.1, 0.15) is 5.75 Å². The minimum atomic E-state index is -0.196. The Hall–Kier alpha value is -3.08. The minimum absolute atomic E-state index is 0.0282. The number of aromatic amines is 1. The molecule has 0 aliphatic rings. The highest BCUT2D eigenvalue weighted by molar-refractivity contribution is 5.61. The monoisotopic (exact) mass is 321 g/mol. The van der Waals surface area contributed by atoms with Crippen LogP contribution < -0.4 is 15.6 Å². The number of anilines is 1. The molecule has 0 amide bonds. The molecule has 0 fully saturated rings. The molecule has 0 saturated heterocycles. The smallest absolute Gasteiger partial charge is 0.252 e. The molecule has 0 saturated carbocycles. The van der Waals surface area contributed by atoms with E-state index >= 15 is 0 Å². The van der Waals surface area contributed by atoms with E-state index in [4.69, 9.17) is 4.74 Å². The van der Waals surface area contributed by atoms with E-state index in [0.717, 1.165) is 16.9 Å². The van der Waals surface area contributed by atoms with E-state index in [0.29, 0.717) is 11.6 Å². The number of methoxy groups -OCH3 is 1. The van der Waals surface area contributed by atoms with Crippen LogP contribution in [0.1, 0.15) is 18.5 Å². The standard InChI is InChI=1S/C19H19N3O2/c1-13(14-6-4-3-5-7-14)20-19-21-17(12-18(23)22-19)15-8-10-16(24-2)11-9-15/h3-13H,1-2H3,(H2,20,21,22,23). The number of nitrogens with zero attached hydrogens (tertiary/aromatic N) is 1. The molecule has 3 aromatic rings. The molecule has 0 aliphatic carbocycles. The van der Waals surface area contributed by atoms with Gasteiger partial charge in [0.25, 0.3) is 5.56 Å². The number of rotatable bonds is 5. The van der Waals surface area contributed by atoms with Crippen molar-refractivity contribution in [2.75, 3.05) is 12.4 Å². The van der Waals surface area contributed by atoms with Gasteiger partial charge in [-0.25, -0.2) is 4.98 Å². The molecular formula is C19H19N3O2. The van der Waals surface area contributed by atoms with Crippen molar-refractivity contribution in [3.05, 3.63) is 76.6 Å². The predicted molar refractivity (Wildman–Crippen MR) is 95.3 cm³/mol. The quantitative estimate of drug-likeness (QED) is 0.753. The molecule has 1 aromatic heterocycles. The van der Waals surface area contributed by atoms with E-state index in [1.54, 1.807) is 7.11 Å². The Morgan fingerprint density at radius 1 is 1.08 bits per heavy atom. The third-order valence-electron chi connectivity index (χ3n) is 3.78. The summed E-state index contributed by atoms with van der Waals surface area (Å²) in [5, 5.41) is 3.24. The summed E-state index contributed by atoms with van der Waals surface area (Å²) in [6.45, 7) is 2.02. The highest BCUT2D eigenvalue weighted by Crippen LogP contribution is 2.21. The Labute approximate surface area is 140 Å². The highest BCUT2D eigenvalue weighted by atomic mass is 16.5. The lowest BCUT2D eigenvalue weighted by Gasteiger charge is -2.15. The van der Waals surface area contributed by atoms with Gasteiger partial charge in [-0.2, -0.15) is 0 Å². The van der Waals surface area contributed by atoms with Crippen LogP contribution in [0.15, 0.2) is 65.5 Å². The summed E-state index contributed by atoms with van der Waals surface area (Å²) in [5.41, 5.74) is 2.40. The number of aromatic nitrogens is 2. The van der Waals surface area contributed by atoms with E-state index in [2.05, 4.69) is 15.3 Å². The fourth-order valence-electron chi connectivity index (χ4n) is 2.47. The van der Waals surface area contributed by atoms with Gasteiger partial charge in [-0.3, -0.25) is 9.78 Å². The lowest BCUT2D eigenvalue weighted by atomic mass is 10.1. The molecule has 2 aromatic carbocycles. The van der Waals surface area contributed by atoms with Gasteiger partial charge in [0.2, 0.25) is 5.95 Å². The number of H-pyrrole nitrogens is 1. The first kappa shape index (κ1) is 15.8. The zero-order valence-corrected chi connectivity index (χ0v) is 13.6. The molecule has 5 heteroatoms. The minimum Gasteiger partial charge on any atom is -0.497 e. The van der Waals surface area contributed by atoms with Gasteiger partial charge in [-0.1, -0.05) is 30.3 Å². The van der Waals surface area contributed by atoms with Crippen molar-refractivity contribution in [2.45, 2.75) is 13.0 Å². The van der Waals surface area contributed by atoms with Gasteiger partial charge in [0.05, 0.1) is 18.8 Å². The first-order chi connectivity index (χ1) is 11.7. The summed E-state index contributed by atoms with van der Waals surface area (Å²) in [6.07, 6.45) is 0. The zero-order chi connectivity index (χ0) is 16.9. The maximum absolute atomic E-state index is 12.0. The number of benzene rings is 2. The summed E-state index contributed by atoms with van der Waals surface area (Å²) in [7, 11) is 1.62. The predicted octanol–water partition coefficient (Wildman–Crippen LogP) is 3.62. The van der Waals surface area contributed by atoms with Crippen molar-refractivity contribution in [1.82, 2.24) is 9.97 Å². The Morgan fingerprint density at radius 3 is 2.46 bits per heavy atom. The summed E-state index contributed by atoms with van der Waals surface area (Å²) >= 11 is 0. The third kappa shape index (κ3) is 3.63. The van der Waals surface area contributed by atoms with Crippen molar-refractivity contribution in [3.8, 4) is 17.0 Å². The van der Waals surface area contributed by atoms with Crippen LogP contribution in [0.25, 0.3) is 11.3 Å². The van der Waals surface area contributed by atoms with Crippen LogP contribution in [0.3, 0.4) is 0 Å². The number of hydrogen-bond acceptors (Lipinski definition) is 4. The Kier molecular flexibility index (Phi) is 4.61. The number of hydrogen-bond donors (Lipinski definition) is 2. The van der Waals surface area contributed by atoms with Crippen LogP contribution in [0.5, 0.6) is 5.75 Å². The lowest BCUT2D eigenvalue weighted by molar-refractivity contribution is 0.415. The van der Waals surface area contributed by atoms with E-state index in [1.165, 1.54) is 6.07 Å². The molecule has 1 heterocycles. The van der Waals surface area contributed by atoms with Crippen LogP contribution >= 0.6 is 0 Å². The largest absolute Gasteiger partial charge is 0.497 e. The van der Waals surface area contributed by atoms with Crippen molar-refractivity contribution in [3.63, 3.8) is 0 Å². The second kappa shape index (κ2) is 7.00. The number of nitrogens with one attached hydrogen (secondary N) is 2. The molecule has 24 heavy (non-hydrogen) atoms. The zero-order valence-electron chi connectivity index (χ0n) is 13.6. The topological polar surface area (TPSA) is 67.0 Å². The average molecular weight is 321 g/mol. The van der Waals surface area contributed by atoms with Crippen molar-refractivity contribution in [2.24, 2.45) is 0 Å². The molecule has 122 valence electrons. The molecule has 2 N–H and O–H groups in total. The van der Waals surface area contributed by atoms with Gasteiger partial charge in [-0.05, 0) is 36.8 Å². The average Bonchev–Trinajstić information content (AvgIpc) is 2.62. The molecule has 1 atom stereocenters. The van der Waals surface area contributed by atoms with Crippen LogP contribution in [0.2, 0.25) is 0 Å². The van der Waals surface area contributed by atoms with Gasteiger partial charge < -0.3 is 10.1 Å². The lowest BCUT2D eigenvalue weighted by Crippen LogP contribution is -2.15. The van der Waals surface area contributed by atoms with Gasteiger partial charge in [-0.15, -0.1) is 0 Å². The van der Waals surface area contributed by atoms with E-state index < -0.39 is 0 Å². The normalized spacial score (nSPS) is 11.8. The molecular weight excluding hydrogens is 302 g/mol. The van der Waals surface area contributed by atoms with Crippen LogP contribution in [0.4, 0.5) is 5.95 Å². The van der Waals surface area contributed by atoms with Crippen LogP contribution in [-0.2, 0) is 0 Å². The summed E-state index contributed by atoms with van der Waals surface area (Å²) in [5.74, 6) is 1.21. The molecule has 3 rings (SSSR count). The fourth-order valence-corrected chi connectivity index (χ4v) is 2.47. The van der Waals surface area contributed by atoms with Gasteiger partial charge in [0, 0.05) is 11.6 Å². The van der Waals surface area contributed by atoms with Crippen LogP contribution in [-0.4, -0.2) is 17.1 Å². The maximum atomic E-state index is 12.0. The second-order valence-electron chi connectivity index (χ2n) is 5.48. The summed E-state index contributed by atoms with van der Waals surface area (Å²) in [4.78, 5) is 19.2. The van der Waals surface area contributed by atoms with Gasteiger partial charge >= 0.3 is 0 Å². The molecule has 0 spiro atoms. The Morgan fingerprint density at radius 2 is 1.79 bits per heavy atom. The Balaban J connectivity index is 1.87. The number of ether oxygens (including phenoxy) is 1. The van der Waals surface area contributed by atoms with Crippen molar-refractivity contribution < 1.29 is 4.74 Å². The molecule has 1 unspecified atom stereocenters. The van der Waals surface area contributed by atoms with E-state index in [9.17, 15) is 4.79 Å². The molecule has 0 bridgehead atoms. The Bertz CT molecular complexity index is 858. The van der Waals surface area contributed by atoms with Crippen LogP contribution in [0, 0.1) is 0 Å². The van der Waals surface area contributed by atoms with Gasteiger partial charge in [0.15, 0.2) is 0 Å². The highest BCUT2D eigenvalue weighted by Gasteiger charge is 2.09. The fraction of sp³-hybridized carbons (Fsp3) is 0.158. The van der Waals surface area contributed by atoms with E-state index in [1.807, 2.05) is 61.5 Å². The first-order valence-electron chi connectivity index (χ1n) is 7.73. The van der Waals surface area contributed by atoms with Crippen molar-refractivity contribution in [1.29, 1.82) is 0 Å². The molecule has 0 radical (unpaired) electrons. The summed E-state index contributed by atoms with van der Waals surface area (Å²) in [6, 6.07) is 19.0. The SMILES string of the molecule is COc1ccc(-c2cc(=O)[nH]c(NC(C)c3ccccc3)n2)cc1. The molecule has 0 aliphatic heterocycles. The summed E-state index contributed by atoms with van der Waals surface area (Å²) < 4.78 is 5.15. The van der Waals surface area contributed by atoms with E-state index in [-0.39, 0.29) is 11.6 Å². The maximum Gasteiger partial charge on any atom is 0.252 e. The third-order valence-corrected chi connectivity index (χ3v) is 3.78. The van der Waals surface area contributed by atoms with Crippen molar-refractivity contribution >= 4 is 5.95 Å².